The van der Waals surface area contributed by atoms with Gasteiger partial charge in [0.25, 0.3) is 0 Å². The Balaban J connectivity index is 1.88. The molecule has 0 saturated heterocycles. The van der Waals surface area contributed by atoms with Crippen molar-refractivity contribution < 1.29 is 0 Å². The quantitative estimate of drug-likeness (QED) is 0.720. The molecule has 0 amide bonds. The molecule has 0 fully saturated rings. The summed E-state index contributed by atoms with van der Waals surface area (Å²) in [4.78, 5) is 8.73. The summed E-state index contributed by atoms with van der Waals surface area (Å²) < 4.78 is 0. The van der Waals surface area contributed by atoms with Gasteiger partial charge in [0, 0.05) is 23.5 Å². The average molecular weight is 282 g/mol. The molecular weight excluding hydrogens is 272 g/mol. The highest BCUT2D eigenvalue weighted by molar-refractivity contribution is 5.64. The van der Waals surface area contributed by atoms with E-state index < -0.39 is 0 Å². The summed E-state index contributed by atoms with van der Waals surface area (Å²) in [5.74, 6) is 0.613. The van der Waals surface area contributed by atoms with E-state index in [2.05, 4.69) is 22.1 Å². The highest BCUT2D eigenvalue weighted by Gasteiger charge is 2.03. The minimum Gasteiger partial charge on any atom is -0.236 e. The van der Waals surface area contributed by atoms with Crippen LogP contribution in [0.1, 0.15) is 11.1 Å². The van der Waals surface area contributed by atoms with Crippen LogP contribution in [0.2, 0.25) is 0 Å². The second-order valence-corrected chi connectivity index (χ2v) is 4.67. The summed E-state index contributed by atoms with van der Waals surface area (Å²) in [5, 5.41) is 17.6. The largest absolute Gasteiger partial charge is 0.236 e. The number of aromatic nitrogens is 2. The van der Waals surface area contributed by atoms with Gasteiger partial charge in [0.15, 0.2) is 5.82 Å². The first-order chi connectivity index (χ1) is 10.8. The number of hydrogen-bond acceptors (Lipinski definition) is 4. The van der Waals surface area contributed by atoms with Crippen LogP contribution in [0.15, 0.2) is 60.9 Å². The average Bonchev–Trinajstić information content (AvgIpc) is 2.62. The standard InChI is InChI=1S/C18H10N4/c19-9-13-1-5-15(6-2-13)17-11-21-18(22-12-17)16-7-3-14(10-20)4-8-16/h1-8,11-12H. The summed E-state index contributed by atoms with van der Waals surface area (Å²) in [6.07, 6.45) is 3.50. The minimum atomic E-state index is 0.609. The Morgan fingerprint density at radius 2 is 1.05 bits per heavy atom. The van der Waals surface area contributed by atoms with E-state index in [1.807, 2.05) is 24.3 Å². The Hall–Kier alpha value is -3.50. The van der Waals surface area contributed by atoms with E-state index in [9.17, 15) is 0 Å². The van der Waals surface area contributed by atoms with E-state index in [1.165, 1.54) is 0 Å². The molecule has 0 aliphatic heterocycles. The predicted molar refractivity (Wildman–Crippen MR) is 82.3 cm³/mol. The highest BCUT2D eigenvalue weighted by atomic mass is 14.9. The van der Waals surface area contributed by atoms with Gasteiger partial charge >= 0.3 is 0 Å². The van der Waals surface area contributed by atoms with Gasteiger partial charge in [-0.25, -0.2) is 9.97 Å². The maximum Gasteiger partial charge on any atom is 0.159 e. The number of rotatable bonds is 2. The highest BCUT2D eigenvalue weighted by Crippen LogP contribution is 2.21. The van der Waals surface area contributed by atoms with Crippen LogP contribution in [-0.4, -0.2) is 9.97 Å². The van der Waals surface area contributed by atoms with Gasteiger partial charge in [-0.15, -0.1) is 0 Å². The maximum absolute atomic E-state index is 8.80. The lowest BCUT2D eigenvalue weighted by molar-refractivity contribution is 1.18. The monoisotopic (exact) mass is 282 g/mol. The van der Waals surface area contributed by atoms with Crippen LogP contribution >= 0.6 is 0 Å². The van der Waals surface area contributed by atoms with Crippen LogP contribution in [-0.2, 0) is 0 Å². The molecule has 3 aromatic rings. The summed E-state index contributed by atoms with van der Waals surface area (Å²) in [6.45, 7) is 0. The summed E-state index contributed by atoms with van der Waals surface area (Å²) in [6, 6.07) is 18.6. The Bertz CT molecular complexity index is 788. The number of hydrogen-bond donors (Lipinski definition) is 0. The van der Waals surface area contributed by atoms with E-state index in [0.29, 0.717) is 17.0 Å². The summed E-state index contributed by atoms with van der Waals surface area (Å²) >= 11 is 0. The molecule has 1 aromatic heterocycles. The van der Waals surface area contributed by atoms with Crippen molar-refractivity contribution in [3.8, 4) is 34.7 Å². The first-order valence-corrected chi connectivity index (χ1v) is 6.63. The zero-order chi connectivity index (χ0) is 15.4. The SMILES string of the molecule is N#Cc1ccc(-c2cnc(-c3ccc(C#N)cc3)nc2)cc1. The smallest absolute Gasteiger partial charge is 0.159 e. The van der Waals surface area contributed by atoms with Gasteiger partial charge in [-0.05, 0) is 42.0 Å². The van der Waals surface area contributed by atoms with Crippen molar-refractivity contribution in [2.45, 2.75) is 0 Å². The van der Waals surface area contributed by atoms with Crippen molar-refractivity contribution >= 4 is 0 Å². The molecular formula is C18H10N4. The molecule has 4 nitrogen and oxygen atoms in total. The molecule has 0 spiro atoms. The molecule has 4 heteroatoms. The number of benzene rings is 2. The third-order valence-corrected chi connectivity index (χ3v) is 3.27. The molecule has 0 unspecified atom stereocenters. The lowest BCUT2D eigenvalue weighted by atomic mass is 10.1. The van der Waals surface area contributed by atoms with Gasteiger partial charge in [-0.3, -0.25) is 0 Å². The lowest BCUT2D eigenvalue weighted by Crippen LogP contribution is -1.90. The van der Waals surface area contributed by atoms with Gasteiger partial charge in [0.2, 0.25) is 0 Å². The Morgan fingerprint density at radius 1 is 0.591 bits per heavy atom. The third kappa shape index (κ3) is 2.67. The predicted octanol–water partition coefficient (Wildman–Crippen LogP) is 3.55. The van der Waals surface area contributed by atoms with E-state index >= 15 is 0 Å². The van der Waals surface area contributed by atoms with Crippen LogP contribution in [0.5, 0.6) is 0 Å². The topological polar surface area (TPSA) is 73.4 Å². The number of nitrogens with zero attached hydrogens (tertiary/aromatic N) is 4. The van der Waals surface area contributed by atoms with Crippen molar-refractivity contribution in [3.63, 3.8) is 0 Å². The molecule has 0 saturated carbocycles. The van der Waals surface area contributed by atoms with E-state index in [0.717, 1.165) is 16.7 Å². The fourth-order valence-corrected chi connectivity index (χ4v) is 2.06. The van der Waals surface area contributed by atoms with Crippen LogP contribution in [0.3, 0.4) is 0 Å². The molecule has 0 atom stereocenters. The van der Waals surface area contributed by atoms with Crippen molar-refractivity contribution in [2.75, 3.05) is 0 Å². The minimum absolute atomic E-state index is 0.609. The van der Waals surface area contributed by atoms with Gasteiger partial charge in [0.1, 0.15) is 0 Å². The van der Waals surface area contributed by atoms with Gasteiger partial charge in [-0.2, -0.15) is 10.5 Å². The van der Waals surface area contributed by atoms with E-state index in [-0.39, 0.29) is 0 Å². The van der Waals surface area contributed by atoms with Crippen molar-refractivity contribution in [3.05, 3.63) is 72.1 Å². The normalized spacial score (nSPS) is 9.73. The third-order valence-electron chi connectivity index (χ3n) is 3.27. The molecule has 22 heavy (non-hydrogen) atoms. The van der Waals surface area contributed by atoms with Gasteiger partial charge in [-0.1, -0.05) is 12.1 Å². The van der Waals surface area contributed by atoms with Crippen molar-refractivity contribution in [2.24, 2.45) is 0 Å². The van der Waals surface area contributed by atoms with Crippen LogP contribution in [0, 0.1) is 22.7 Å². The second kappa shape index (κ2) is 5.87. The number of nitriles is 2. The summed E-state index contributed by atoms with van der Waals surface area (Å²) in [7, 11) is 0. The molecule has 1 heterocycles. The fraction of sp³-hybridized carbons (Fsp3) is 0. The molecule has 102 valence electrons. The van der Waals surface area contributed by atoms with Gasteiger partial charge < -0.3 is 0 Å². The van der Waals surface area contributed by atoms with E-state index in [4.69, 9.17) is 10.5 Å². The fourth-order valence-electron chi connectivity index (χ4n) is 2.06. The molecule has 0 bridgehead atoms. The molecule has 0 aliphatic rings. The van der Waals surface area contributed by atoms with Crippen molar-refractivity contribution in [1.29, 1.82) is 10.5 Å². The van der Waals surface area contributed by atoms with Crippen LogP contribution in [0.25, 0.3) is 22.5 Å². The zero-order valence-corrected chi connectivity index (χ0v) is 11.6. The molecule has 3 rings (SSSR count). The van der Waals surface area contributed by atoms with E-state index in [1.54, 1.807) is 36.7 Å². The molecule has 2 aromatic carbocycles. The summed E-state index contributed by atoms with van der Waals surface area (Å²) in [5.41, 5.74) is 3.95. The van der Waals surface area contributed by atoms with Crippen LogP contribution < -0.4 is 0 Å². The zero-order valence-electron chi connectivity index (χ0n) is 11.6. The Labute approximate surface area is 127 Å². The second-order valence-electron chi connectivity index (χ2n) is 4.67. The Morgan fingerprint density at radius 3 is 1.50 bits per heavy atom. The maximum atomic E-state index is 8.80. The van der Waals surface area contributed by atoms with Gasteiger partial charge in [0.05, 0.1) is 23.3 Å². The first-order valence-electron chi connectivity index (χ1n) is 6.63. The molecule has 0 radical (unpaired) electrons. The molecule has 0 N–H and O–H groups in total. The molecule has 0 aliphatic carbocycles. The lowest BCUT2D eigenvalue weighted by Gasteiger charge is -2.03. The Kier molecular flexibility index (Phi) is 3.59. The first kappa shape index (κ1) is 13.5. The van der Waals surface area contributed by atoms with Crippen molar-refractivity contribution in [1.82, 2.24) is 9.97 Å². The van der Waals surface area contributed by atoms with Crippen LogP contribution in [0.4, 0.5) is 0 Å².